The molecule has 1 aromatic rings. The van der Waals surface area contributed by atoms with Crippen LogP contribution in [0.1, 0.15) is 37.3 Å². The van der Waals surface area contributed by atoms with Crippen molar-refractivity contribution in [1.29, 1.82) is 0 Å². The van der Waals surface area contributed by atoms with E-state index in [2.05, 4.69) is 0 Å². The molecule has 0 amide bonds. The van der Waals surface area contributed by atoms with Gasteiger partial charge in [0.2, 0.25) is 0 Å². The lowest BCUT2D eigenvalue weighted by molar-refractivity contribution is 0.290. The summed E-state index contributed by atoms with van der Waals surface area (Å²) in [5.74, 6) is 0. The molecule has 1 saturated carbocycles. The Morgan fingerprint density at radius 1 is 1.25 bits per heavy atom. The fraction of sp³-hybridized carbons (Fsp3) is 0.500. The molecule has 1 heterocycles. The Kier molecular flexibility index (Phi) is 1.98. The van der Waals surface area contributed by atoms with Gasteiger partial charge in [0.05, 0.1) is 9.64 Å². The third-order valence-corrected chi connectivity index (χ3v) is 6.70. The van der Waals surface area contributed by atoms with Crippen LogP contribution in [0.15, 0.2) is 29.2 Å². The second-order valence-corrected chi connectivity index (χ2v) is 7.20. The van der Waals surface area contributed by atoms with Crippen molar-refractivity contribution in [3.63, 3.8) is 0 Å². The molecule has 0 aromatic heterocycles. The molecular formula is C12H15NO2S. The Hall–Kier alpha value is -0.870. The van der Waals surface area contributed by atoms with Gasteiger partial charge in [0.1, 0.15) is 0 Å². The van der Waals surface area contributed by atoms with Crippen molar-refractivity contribution in [3.05, 3.63) is 29.8 Å². The van der Waals surface area contributed by atoms with Crippen LogP contribution >= 0.6 is 0 Å². The van der Waals surface area contributed by atoms with Crippen LogP contribution in [0.2, 0.25) is 0 Å². The SMILES string of the molecule is N[C@H]1CC2(CCC2)S(=O)(=O)c2ccccc21. The minimum Gasteiger partial charge on any atom is -0.324 e. The molecule has 2 N–H and O–H groups in total. The van der Waals surface area contributed by atoms with Crippen LogP contribution in [0.4, 0.5) is 0 Å². The molecule has 1 spiro atoms. The Bertz CT molecular complexity index is 532. The summed E-state index contributed by atoms with van der Waals surface area (Å²) in [4.78, 5) is 0.466. The van der Waals surface area contributed by atoms with Crippen molar-refractivity contribution < 1.29 is 8.42 Å². The van der Waals surface area contributed by atoms with E-state index in [1.165, 1.54) is 0 Å². The molecule has 1 aliphatic heterocycles. The van der Waals surface area contributed by atoms with E-state index in [9.17, 15) is 8.42 Å². The molecule has 4 heteroatoms. The van der Waals surface area contributed by atoms with Gasteiger partial charge >= 0.3 is 0 Å². The first-order chi connectivity index (χ1) is 7.57. The zero-order valence-corrected chi connectivity index (χ0v) is 9.83. The second-order valence-electron chi connectivity index (χ2n) is 4.89. The van der Waals surface area contributed by atoms with Gasteiger partial charge in [-0.25, -0.2) is 8.42 Å². The molecule has 1 aliphatic carbocycles. The molecule has 3 rings (SSSR count). The highest BCUT2D eigenvalue weighted by Crippen LogP contribution is 2.52. The van der Waals surface area contributed by atoms with Crippen molar-refractivity contribution in [3.8, 4) is 0 Å². The maximum absolute atomic E-state index is 12.5. The average molecular weight is 237 g/mol. The average Bonchev–Trinajstić information content (AvgIpc) is 2.21. The van der Waals surface area contributed by atoms with E-state index in [1.54, 1.807) is 12.1 Å². The van der Waals surface area contributed by atoms with Gasteiger partial charge < -0.3 is 5.73 Å². The van der Waals surface area contributed by atoms with Crippen molar-refractivity contribution in [2.45, 2.75) is 41.4 Å². The number of rotatable bonds is 0. The smallest absolute Gasteiger partial charge is 0.184 e. The summed E-state index contributed by atoms with van der Waals surface area (Å²) >= 11 is 0. The molecule has 2 aliphatic rings. The standard InChI is InChI=1S/C12H15NO2S/c13-10-8-12(6-3-7-12)16(14,15)11-5-2-1-4-9(10)11/h1-2,4-5,10H,3,6-8,13H2/t10-/m0/s1. The maximum Gasteiger partial charge on any atom is 0.184 e. The third kappa shape index (κ3) is 1.09. The summed E-state index contributed by atoms with van der Waals surface area (Å²) in [5.41, 5.74) is 6.88. The lowest BCUT2D eigenvalue weighted by Crippen LogP contribution is -2.50. The Balaban J connectivity index is 2.25. The van der Waals surface area contributed by atoms with E-state index in [-0.39, 0.29) is 6.04 Å². The summed E-state index contributed by atoms with van der Waals surface area (Å²) in [7, 11) is -3.16. The molecule has 0 saturated heterocycles. The normalized spacial score (nSPS) is 29.4. The zero-order chi connectivity index (χ0) is 11.4. The first-order valence-corrected chi connectivity index (χ1v) is 7.14. The predicted octanol–water partition coefficient (Wildman–Crippen LogP) is 1.79. The van der Waals surface area contributed by atoms with Crippen molar-refractivity contribution in [2.75, 3.05) is 0 Å². The molecule has 3 nitrogen and oxygen atoms in total. The minimum absolute atomic E-state index is 0.125. The summed E-state index contributed by atoms with van der Waals surface area (Å²) in [5, 5.41) is 0. The van der Waals surface area contributed by atoms with Gasteiger partial charge in [0.15, 0.2) is 9.84 Å². The van der Waals surface area contributed by atoms with Crippen LogP contribution in [0.5, 0.6) is 0 Å². The van der Waals surface area contributed by atoms with Crippen molar-refractivity contribution in [1.82, 2.24) is 0 Å². The van der Waals surface area contributed by atoms with E-state index in [1.807, 2.05) is 12.1 Å². The van der Waals surface area contributed by atoms with Gasteiger partial charge in [-0.1, -0.05) is 24.6 Å². The van der Waals surface area contributed by atoms with Gasteiger partial charge in [0, 0.05) is 6.04 Å². The molecule has 1 aromatic carbocycles. The van der Waals surface area contributed by atoms with E-state index in [4.69, 9.17) is 5.73 Å². The van der Waals surface area contributed by atoms with Gasteiger partial charge in [-0.05, 0) is 30.9 Å². The second kappa shape index (κ2) is 3.08. The van der Waals surface area contributed by atoms with E-state index in [0.717, 1.165) is 24.8 Å². The van der Waals surface area contributed by atoms with Crippen LogP contribution in [0.3, 0.4) is 0 Å². The van der Waals surface area contributed by atoms with Crippen LogP contribution in [-0.2, 0) is 9.84 Å². The molecule has 0 radical (unpaired) electrons. The van der Waals surface area contributed by atoms with E-state index < -0.39 is 14.6 Å². The highest BCUT2D eigenvalue weighted by atomic mass is 32.2. The molecule has 16 heavy (non-hydrogen) atoms. The maximum atomic E-state index is 12.5. The number of hydrogen-bond acceptors (Lipinski definition) is 3. The van der Waals surface area contributed by atoms with E-state index >= 15 is 0 Å². The summed E-state index contributed by atoms with van der Waals surface area (Å²) < 4.78 is 24.5. The quantitative estimate of drug-likeness (QED) is 0.748. The Morgan fingerprint density at radius 2 is 1.94 bits per heavy atom. The van der Waals surface area contributed by atoms with Gasteiger partial charge in [-0.15, -0.1) is 0 Å². The summed E-state index contributed by atoms with van der Waals surface area (Å²) in [6.07, 6.45) is 3.15. The molecule has 1 atom stereocenters. The third-order valence-electron chi connectivity index (χ3n) is 4.03. The predicted molar refractivity (Wildman–Crippen MR) is 61.8 cm³/mol. The van der Waals surface area contributed by atoms with Crippen LogP contribution in [-0.4, -0.2) is 13.2 Å². The molecular weight excluding hydrogens is 222 g/mol. The van der Waals surface area contributed by atoms with Crippen molar-refractivity contribution in [2.24, 2.45) is 5.73 Å². The molecule has 86 valence electrons. The molecule has 0 unspecified atom stereocenters. The first-order valence-electron chi connectivity index (χ1n) is 5.66. The monoisotopic (exact) mass is 237 g/mol. The fourth-order valence-electron chi connectivity index (χ4n) is 2.93. The largest absolute Gasteiger partial charge is 0.324 e. The Labute approximate surface area is 95.6 Å². The van der Waals surface area contributed by atoms with Gasteiger partial charge in [-0.2, -0.15) is 0 Å². The number of hydrogen-bond donors (Lipinski definition) is 1. The van der Waals surface area contributed by atoms with Gasteiger partial charge in [-0.3, -0.25) is 0 Å². The zero-order valence-electron chi connectivity index (χ0n) is 9.02. The number of sulfone groups is 1. The van der Waals surface area contributed by atoms with Crippen LogP contribution in [0.25, 0.3) is 0 Å². The molecule has 0 bridgehead atoms. The first kappa shape index (κ1) is 10.3. The summed E-state index contributed by atoms with van der Waals surface area (Å²) in [6, 6.07) is 7.04. The number of nitrogens with two attached hydrogens (primary N) is 1. The Morgan fingerprint density at radius 3 is 2.56 bits per heavy atom. The summed E-state index contributed by atoms with van der Waals surface area (Å²) in [6.45, 7) is 0. The lowest BCUT2D eigenvalue weighted by Gasteiger charge is -2.46. The highest BCUT2D eigenvalue weighted by molar-refractivity contribution is 7.93. The fourth-order valence-corrected chi connectivity index (χ4v) is 5.41. The number of benzene rings is 1. The van der Waals surface area contributed by atoms with E-state index in [0.29, 0.717) is 11.3 Å². The topological polar surface area (TPSA) is 60.2 Å². The van der Waals surface area contributed by atoms with Gasteiger partial charge in [0.25, 0.3) is 0 Å². The number of fused-ring (bicyclic) bond motifs is 1. The highest BCUT2D eigenvalue weighted by Gasteiger charge is 2.53. The minimum atomic E-state index is -3.16. The lowest BCUT2D eigenvalue weighted by atomic mass is 9.78. The van der Waals surface area contributed by atoms with Crippen LogP contribution in [0, 0.1) is 0 Å². The molecule has 1 fully saturated rings. The van der Waals surface area contributed by atoms with Crippen LogP contribution < -0.4 is 5.73 Å². The van der Waals surface area contributed by atoms with Crippen molar-refractivity contribution >= 4 is 9.84 Å².